The number of halogens is 2. The first-order valence-electron chi connectivity index (χ1n) is 11.4. The Balaban J connectivity index is 1.38. The fourth-order valence-corrected chi connectivity index (χ4v) is 4.59. The standard InChI is InChI=1S/C26H25ClFN5O/c27-22-15-30-25(32-26(34)19-4-2-9-29-14-19)13-21(22)18-6-7-23-24(12-18)33(16-31-23)10-8-17-3-1-5-20(28)11-17/h1,3,5-7,11-13,15-16,19,29H,2,4,8-10,14H2,(H,30,32,34)/t19-/m1/s1. The van der Waals surface area contributed by atoms with Crippen molar-refractivity contribution in [3.05, 3.63) is 77.5 Å². The summed E-state index contributed by atoms with van der Waals surface area (Å²) >= 11 is 6.49. The smallest absolute Gasteiger partial charge is 0.229 e. The Kier molecular flexibility index (Phi) is 6.56. The van der Waals surface area contributed by atoms with Gasteiger partial charge in [0.05, 0.1) is 28.3 Å². The lowest BCUT2D eigenvalue weighted by Gasteiger charge is -2.21. The molecule has 0 saturated carbocycles. The Labute approximate surface area is 202 Å². The highest BCUT2D eigenvalue weighted by Gasteiger charge is 2.21. The fraction of sp³-hybridized carbons (Fsp3) is 0.269. The van der Waals surface area contributed by atoms with Crippen molar-refractivity contribution in [3.8, 4) is 11.1 Å². The number of nitrogens with one attached hydrogen (secondary N) is 2. The van der Waals surface area contributed by atoms with Crippen LogP contribution < -0.4 is 10.6 Å². The average molecular weight is 478 g/mol. The Morgan fingerprint density at radius 3 is 2.94 bits per heavy atom. The molecule has 1 aliphatic heterocycles. The van der Waals surface area contributed by atoms with E-state index in [0.717, 1.165) is 47.1 Å². The second-order valence-corrected chi connectivity index (χ2v) is 9.01. The number of imidazole rings is 1. The van der Waals surface area contributed by atoms with E-state index in [2.05, 4.69) is 25.2 Å². The number of benzene rings is 2. The van der Waals surface area contributed by atoms with Gasteiger partial charge in [0.1, 0.15) is 11.6 Å². The fourth-order valence-electron chi connectivity index (χ4n) is 4.38. The molecule has 1 fully saturated rings. The molecule has 8 heteroatoms. The van der Waals surface area contributed by atoms with Crippen molar-refractivity contribution in [3.63, 3.8) is 0 Å². The molecule has 2 N–H and O–H groups in total. The van der Waals surface area contributed by atoms with E-state index >= 15 is 0 Å². The van der Waals surface area contributed by atoms with Gasteiger partial charge in [-0.15, -0.1) is 0 Å². The molecule has 4 aromatic rings. The summed E-state index contributed by atoms with van der Waals surface area (Å²) in [5.41, 5.74) is 4.45. The molecule has 0 unspecified atom stereocenters. The lowest BCUT2D eigenvalue weighted by Crippen LogP contribution is -2.37. The average Bonchev–Trinajstić information content (AvgIpc) is 3.27. The van der Waals surface area contributed by atoms with E-state index in [9.17, 15) is 9.18 Å². The molecule has 1 amide bonds. The Morgan fingerprint density at radius 1 is 1.21 bits per heavy atom. The summed E-state index contributed by atoms with van der Waals surface area (Å²) in [7, 11) is 0. The van der Waals surface area contributed by atoms with Gasteiger partial charge < -0.3 is 15.2 Å². The van der Waals surface area contributed by atoms with Crippen LogP contribution in [0, 0.1) is 11.7 Å². The summed E-state index contributed by atoms with van der Waals surface area (Å²) in [6, 6.07) is 14.4. The normalized spacial score (nSPS) is 16.0. The number of aromatic nitrogens is 3. The van der Waals surface area contributed by atoms with Gasteiger partial charge in [-0.1, -0.05) is 29.8 Å². The first-order valence-corrected chi connectivity index (χ1v) is 11.8. The number of rotatable bonds is 6. The van der Waals surface area contributed by atoms with Crippen molar-refractivity contribution in [1.82, 2.24) is 19.9 Å². The predicted molar refractivity (Wildman–Crippen MR) is 132 cm³/mol. The van der Waals surface area contributed by atoms with Crippen LogP contribution in [0.15, 0.2) is 61.1 Å². The molecule has 174 valence electrons. The van der Waals surface area contributed by atoms with Crippen LogP contribution >= 0.6 is 11.6 Å². The number of carbonyl (C=O) groups excluding carboxylic acids is 1. The van der Waals surface area contributed by atoms with Crippen LogP contribution in [0.5, 0.6) is 0 Å². The van der Waals surface area contributed by atoms with Gasteiger partial charge in [0.15, 0.2) is 0 Å². The van der Waals surface area contributed by atoms with Crippen molar-refractivity contribution in [1.29, 1.82) is 0 Å². The summed E-state index contributed by atoms with van der Waals surface area (Å²) < 4.78 is 15.6. The number of anilines is 1. The molecule has 0 bridgehead atoms. The quantitative estimate of drug-likeness (QED) is 0.406. The molecule has 34 heavy (non-hydrogen) atoms. The monoisotopic (exact) mass is 477 g/mol. The highest BCUT2D eigenvalue weighted by molar-refractivity contribution is 6.33. The van der Waals surface area contributed by atoms with E-state index in [1.807, 2.05) is 30.3 Å². The van der Waals surface area contributed by atoms with E-state index in [0.29, 0.717) is 30.4 Å². The number of fused-ring (bicyclic) bond motifs is 1. The van der Waals surface area contributed by atoms with Crippen LogP contribution in [0.1, 0.15) is 18.4 Å². The number of hydrogen-bond acceptors (Lipinski definition) is 4. The first-order chi connectivity index (χ1) is 16.6. The van der Waals surface area contributed by atoms with Gasteiger partial charge in [-0.2, -0.15) is 0 Å². The molecule has 0 spiro atoms. The van der Waals surface area contributed by atoms with Gasteiger partial charge in [-0.3, -0.25) is 4.79 Å². The highest BCUT2D eigenvalue weighted by Crippen LogP contribution is 2.31. The molecular weight excluding hydrogens is 453 g/mol. The Bertz CT molecular complexity index is 1330. The van der Waals surface area contributed by atoms with Crippen molar-refractivity contribution >= 4 is 34.4 Å². The van der Waals surface area contributed by atoms with Gasteiger partial charge in [0.25, 0.3) is 0 Å². The minimum Gasteiger partial charge on any atom is -0.330 e. The molecule has 2 aromatic heterocycles. The first kappa shape index (κ1) is 22.5. The summed E-state index contributed by atoms with van der Waals surface area (Å²) in [4.78, 5) is 21.4. The molecule has 1 saturated heterocycles. The molecule has 0 radical (unpaired) electrons. The summed E-state index contributed by atoms with van der Waals surface area (Å²) in [5, 5.41) is 6.70. The van der Waals surface area contributed by atoms with Crippen LogP contribution in [-0.2, 0) is 17.8 Å². The van der Waals surface area contributed by atoms with Gasteiger partial charge in [0, 0.05) is 24.8 Å². The van der Waals surface area contributed by atoms with Crippen LogP contribution in [-0.4, -0.2) is 33.5 Å². The third-order valence-electron chi connectivity index (χ3n) is 6.24. The molecule has 1 atom stereocenters. The maximum absolute atomic E-state index is 13.5. The summed E-state index contributed by atoms with van der Waals surface area (Å²) in [6.07, 6.45) is 5.92. The number of aryl methyl sites for hydroxylation is 2. The van der Waals surface area contributed by atoms with Crippen LogP contribution in [0.25, 0.3) is 22.2 Å². The maximum Gasteiger partial charge on any atom is 0.229 e. The van der Waals surface area contributed by atoms with Crippen LogP contribution in [0.2, 0.25) is 5.02 Å². The summed E-state index contributed by atoms with van der Waals surface area (Å²) in [5.74, 6) is 0.164. The number of carbonyl (C=O) groups is 1. The molecule has 2 aromatic carbocycles. The van der Waals surface area contributed by atoms with Crippen molar-refractivity contribution in [2.24, 2.45) is 5.92 Å². The van der Waals surface area contributed by atoms with Gasteiger partial charge in [0.2, 0.25) is 5.91 Å². The van der Waals surface area contributed by atoms with Gasteiger partial charge in [-0.05, 0) is 67.3 Å². The Morgan fingerprint density at radius 2 is 2.12 bits per heavy atom. The number of piperidine rings is 1. The largest absolute Gasteiger partial charge is 0.330 e. The minimum absolute atomic E-state index is 0.0288. The topological polar surface area (TPSA) is 71.8 Å². The highest BCUT2D eigenvalue weighted by atomic mass is 35.5. The SMILES string of the molecule is O=C(Nc1cc(-c2ccc3ncn(CCc4cccc(F)c4)c3c2)c(Cl)cn1)[C@@H]1CCCNC1. The zero-order valence-corrected chi connectivity index (χ0v) is 19.4. The lowest BCUT2D eigenvalue weighted by molar-refractivity contribution is -0.120. The summed E-state index contributed by atoms with van der Waals surface area (Å²) in [6.45, 7) is 2.31. The van der Waals surface area contributed by atoms with Gasteiger partial charge >= 0.3 is 0 Å². The zero-order valence-electron chi connectivity index (χ0n) is 18.6. The molecule has 1 aliphatic rings. The third kappa shape index (κ3) is 4.95. The third-order valence-corrected chi connectivity index (χ3v) is 6.54. The Hall–Kier alpha value is -3.29. The van der Waals surface area contributed by atoms with E-state index in [1.165, 1.54) is 6.07 Å². The van der Waals surface area contributed by atoms with Gasteiger partial charge in [-0.25, -0.2) is 14.4 Å². The van der Waals surface area contributed by atoms with Crippen LogP contribution in [0.4, 0.5) is 10.2 Å². The van der Waals surface area contributed by atoms with Crippen LogP contribution in [0.3, 0.4) is 0 Å². The molecule has 6 nitrogen and oxygen atoms in total. The molecule has 5 rings (SSSR count). The van der Waals surface area contributed by atoms with E-state index in [-0.39, 0.29) is 17.6 Å². The predicted octanol–water partition coefficient (Wildman–Crippen LogP) is 5.07. The number of pyridine rings is 1. The zero-order chi connectivity index (χ0) is 23.5. The van der Waals surface area contributed by atoms with E-state index in [1.54, 1.807) is 24.7 Å². The van der Waals surface area contributed by atoms with Crippen molar-refractivity contribution in [2.75, 3.05) is 18.4 Å². The van der Waals surface area contributed by atoms with Crippen molar-refractivity contribution < 1.29 is 9.18 Å². The van der Waals surface area contributed by atoms with E-state index in [4.69, 9.17) is 11.6 Å². The number of amides is 1. The minimum atomic E-state index is -0.231. The second-order valence-electron chi connectivity index (χ2n) is 8.60. The van der Waals surface area contributed by atoms with Crippen molar-refractivity contribution in [2.45, 2.75) is 25.8 Å². The second kappa shape index (κ2) is 9.91. The molecular formula is C26H25ClFN5O. The molecule has 0 aliphatic carbocycles. The number of nitrogens with zero attached hydrogens (tertiary/aromatic N) is 3. The maximum atomic E-state index is 13.5. The molecule has 3 heterocycles. The van der Waals surface area contributed by atoms with E-state index < -0.39 is 0 Å². The lowest BCUT2D eigenvalue weighted by atomic mass is 9.99. The number of hydrogen-bond donors (Lipinski definition) is 2.